The van der Waals surface area contributed by atoms with Crippen LogP contribution in [0, 0.1) is 10.1 Å². The molecule has 2 aromatic heterocycles. The maximum Gasteiger partial charge on any atom is 0.271 e. The van der Waals surface area contributed by atoms with E-state index >= 15 is 0 Å². The molecule has 0 aliphatic rings. The normalized spacial score (nSPS) is 10.9. The van der Waals surface area contributed by atoms with E-state index in [0.717, 1.165) is 11.3 Å². The molecule has 0 atom stereocenters. The minimum absolute atomic E-state index is 0.0204. The molecule has 0 spiro atoms. The van der Waals surface area contributed by atoms with Gasteiger partial charge in [-0.05, 0) is 48.5 Å². The van der Waals surface area contributed by atoms with Crippen LogP contribution in [-0.2, 0) is 0 Å². The van der Waals surface area contributed by atoms with Crippen molar-refractivity contribution in [1.82, 2.24) is 14.8 Å². The van der Waals surface area contributed by atoms with Gasteiger partial charge in [0.05, 0.1) is 27.2 Å². The maximum atomic E-state index is 11.2. The van der Waals surface area contributed by atoms with Crippen LogP contribution in [0.1, 0.15) is 0 Å². The zero-order chi connectivity index (χ0) is 22.1. The average molecular weight is 423 g/mol. The zero-order valence-electron chi connectivity index (χ0n) is 16.8. The summed E-state index contributed by atoms with van der Waals surface area (Å²) in [5.41, 5.74) is 9.00. The van der Waals surface area contributed by atoms with E-state index in [1.165, 1.54) is 12.1 Å². The van der Waals surface area contributed by atoms with Gasteiger partial charge in [-0.3, -0.25) is 15.1 Å². The van der Waals surface area contributed by atoms with Gasteiger partial charge in [0.15, 0.2) is 5.82 Å². The first-order valence-electron chi connectivity index (χ1n) is 9.81. The second-order valence-corrected chi connectivity index (χ2v) is 7.07. The van der Waals surface area contributed by atoms with E-state index in [4.69, 9.17) is 10.5 Å². The molecular weight excluding hydrogens is 406 g/mol. The van der Waals surface area contributed by atoms with Gasteiger partial charge in [-0.1, -0.05) is 24.3 Å². The molecule has 0 aliphatic heterocycles. The quantitative estimate of drug-likeness (QED) is 0.301. The van der Waals surface area contributed by atoms with Crippen molar-refractivity contribution in [3.8, 4) is 28.4 Å². The van der Waals surface area contributed by atoms with Crippen molar-refractivity contribution >= 4 is 22.4 Å². The van der Waals surface area contributed by atoms with Gasteiger partial charge in [0.25, 0.3) is 5.69 Å². The highest BCUT2D eigenvalue weighted by Gasteiger charge is 2.17. The third kappa shape index (κ3) is 3.50. The fraction of sp³-hybridized carbons (Fsp3) is 0. The molecule has 0 fully saturated rings. The van der Waals surface area contributed by atoms with Gasteiger partial charge in [0, 0.05) is 23.9 Å². The molecule has 32 heavy (non-hydrogen) atoms. The minimum atomic E-state index is -0.440. The Morgan fingerprint density at radius 1 is 0.906 bits per heavy atom. The number of hydrogen-bond donors (Lipinski definition) is 1. The Labute approximate surface area is 182 Å². The van der Waals surface area contributed by atoms with Crippen molar-refractivity contribution in [2.75, 3.05) is 5.73 Å². The van der Waals surface area contributed by atoms with Crippen molar-refractivity contribution in [3.63, 3.8) is 0 Å². The number of para-hydroxylation sites is 1. The lowest BCUT2D eigenvalue weighted by Crippen LogP contribution is -1.98. The molecule has 0 aliphatic carbocycles. The van der Waals surface area contributed by atoms with Crippen LogP contribution in [0.5, 0.6) is 11.5 Å². The summed E-state index contributed by atoms with van der Waals surface area (Å²) in [6.07, 6.45) is 1.67. The Bertz CT molecular complexity index is 1430. The van der Waals surface area contributed by atoms with Crippen molar-refractivity contribution in [1.29, 1.82) is 0 Å². The summed E-state index contributed by atoms with van der Waals surface area (Å²) in [4.78, 5) is 15.2. The molecule has 0 amide bonds. The second kappa shape index (κ2) is 7.84. The molecule has 0 unspecified atom stereocenters. The number of nitrogen functional groups attached to an aromatic ring is 1. The number of nitro benzene ring substituents is 1. The number of benzene rings is 3. The predicted octanol–water partition coefficient (Wildman–Crippen LogP) is 5.37. The molecule has 5 rings (SSSR count). The number of nitro groups is 1. The summed E-state index contributed by atoms with van der Waals surface area (Å²) in [6, 6.07) is 25.1. The summed E-state index contributed by atoms with van der Waals surface area (Å²) in [5, 5.41) is 16.3. The summed E-state index contributed by atoms with van der Waals surface area (Å²) in [5.74, 6) is 1.74. The largest absolute Gasteiger partial charge is 0.457 e. The van der Waals surface area contributed by atoms with Crippen molar-refractivity contribution < 1.29 is 9.66 Å². The van der Waals surface area contributed by atoms with Crippen LogP contribution in [0.2, 0.25) is 0 Å². The van der Waals surface area contributed by atoms with E-state index in [-0.39, 0.29) is 5.69 Å². The maximum absolute atomic E-state index is 11.2. The first-order valence-corrected chi connectivity index (χ1v) is 9.81. The van der Waals surface area contributed by atoms with E-state index < -0.39 is 4.92 Å². The van der Waals surface area contributed by atoms with E-state index in [0.29, 0.717) is 33.9 Å². The molecule has 156 valence electrons. The topological polar surface area (TPSA) is 109 Å². The van der Waals surface area contributed by atoms with Crippen LogP contribution in [0.4, 0.5) is 11.5 Å². The lowest BCUT2D eigenvalue weighted by molar-refractivity contribution is -0.384. The van der Waals surface area contributed by atoms with Crippen LogP contribution in [0.3, 0.4) is 0 Å². The van der Waals surface area contributed by atoms with E-state index in [1.54, 1.807) is 29.1 Å². The van der Waals surface area contributed by atoms with Gasteiger partial charge in [-0.25, -0.2) is 4.68 Å². The zero-order valence-corrected chi connectivity index (χ0v) is 16.8. The van der Waals surface area contributed by atoms with E-state index in [1.807, 2.05) is 54.6 Å². The number of pyridine rings is 1. The highest BCUT2D eigenvalue weighted by atomic mass is 16.6. The van der Waals surface area contributed by atoms with Crippen molar-refractivity contribution in [2.24, 2.45) is 0 Å². The molecule has 2 heterocycles. The minimum Gasteiger partial charge on any atom is -0.457 e. The average Bonchev–Trinajstić information content (AvgIpc) is 3.17. The van der Waals surface area contributed by atoms with Gasteiger partial charge in [0.2, 0.25) is 0 Å². The Hall–Kier alpha value is -4.72. The summed E-state index contributed by atoms with van der Waals surface area (Å²) in [7, 11) is 0. The van der Waals surface area contributed by atoms with Crippen LogP contribution in [-0.4, -0.2) is 19.7 Å². The van der Waals surface area contributed by atoms with Crippen molar-refractivity contribution in [3.05, 3.63) is 101 Å². The molecule has 0 saturated heterocycles. The monoisotopic (exact) mass is 423 g/mol. The number of non-ortho nitro benzene ring substituents is 1. The number of anilines is 1. The first kappa shape index (κ1) is 19.3. The van der Waals surface area contributed by atoms with E-state index in [2.05, 4.69) is 10.1 Å². The number of ether oxygens (including phenoxy) is 1. The number of hydrogen-bond acceptors (Lipinski definition) is 6. The lowest BCUT2D eigenvalue weighted by atomic mass is 10.1. The third-order valence-electron chi connectivity index (χ3n) is 5.01. The number of aromatic nitrogens is 3. The first-order chi connectivity index (χ1) is 15.6. The lowest BCUT2D eigenvalue weighted by Gasteiger charge is -2.08. The highest BCUT2D eigenvalue weighted by Crippen LogP contribution is 2.33. The van der Waals surface area contributed by atoms with Gasteiger partial charge in [-0.15, -0.1) is 5.10 Å². The molecule has 5 aromatic rings. The SMILES string of the molecule is Nc1nn(-c2cccc([N+](=O)[O-])c2)c2ccnc(-c3ccc(Oc4ccccc4)cc3)c12. The fourth-order valence-electron chi connectivity index (χ4n) is 3.55. The smallest absolute Gasteiger partial charge is 0.271 e. The molecule has 8 nitrogen and oxygen atoms in total. The van der Waals surface area contributed by atoms with Crippen LogP contribution in [0.15, 0.2) is 91.1 Å². The molecular formula is C24H17N5O3. The van der Waals surface area contributed by atoms with Gasteiger partial charge < -0.3 is 10.5 Å². The van der Waals surface area contributed by atoms with Crippen molar-refractivity contribution in [2.45, 2.75) is 0 Å². The predicted molar refractivity (Wildman–Crippen MR) is 122 cm³/mol. The Kier molecular flexibility index (Phi) is 4.72. The van der Waals surface area contributed by atoms with Gasteiger partial charge in [-0.2, -0.15) is 0 Å². The molecule has 3 aromatic carbocycles. The van der Waals surface area contributed by atoms with Gasteiger partial charge >= 0.3 is 0 Å². The molecule has 0 radical (unpaired) electrons. The van der Waals surface area contributed by atoms with E-state index in [9.17, 15) is 10.1 Å². The number of nitrogens with zero attached hydrogens (tertiary/aromatic N) is 4. The standard InChI is InChI=1S/C24H17N5O3/c25-24-22-21(28(27-24)17-5-4-6-18(15-17)29(30)31)13-14-26-23(22)16-9-11-20(12-10-16)32-19-7-2-1-3-8-19/h1-15H,(H2,25,27). The Morgan fingerprint density at radius 2 is 1.66 bits per heavy atom. The molecule has 2 N–H and O–H groups in total. The molecule has 0 saturated carbocycles. The third-order valence-corrected chi connectivity index (χ3v) is 5.01. The Morgan fingerprint density at radius 3 is 2.41 bits per heavy atom. The fourth-order valence-corrected chi connectivity index (χ4v) is 3.55. The Balaban J connectivity index is 1.55. The second-order valence-electron chi connectivity index (χ2n) is 7.07. The van der Waals surface area contributed by atoms with Crippen LogP contribution >= 0.6 is 0 Å². The summed E-state index contributed by atoms with van der Waals surface area (Å²) < 4.78 is 7.45. The number of fused-ring (bicyclic) bond motifs is 1. The van der Waals surface area contributed by atoms with Crippen LogP contribution < -0.4 is 10.5 Å². The molecule has 0 bridgehead atoms. The summed E-state index contributed by atoms with van der Waals surface area (Å²) >= 11 is 0. The number of rotatable bonds is 5. The van der Waals surface area contributed by atoms with Gasteiger partial charge in [0.1, 0.15) is 11.5 Å². The van der Waals surface area contributed by atoms with Crippen LogP contribution in [0.25, 0.3) is 27.8 Å². The summed E-state index contributed by atoms with van der Waals surface area (Å²) in [6.45, 7) is 0. The highest BCUT2D eigenvalue weighted by molar-refractivity contribution is 6.00. The number of nitrogens with two attached hydrogens (primary N) is 1. The molecule has 8 heteroatoms.